The molecule has 2 aromatic rings. The van der Waals surface area contributed by atoms with Crippen LogP contribution in [0.1, 0.15) is 22.3 Å². The van der Waals surface area contributed by atoms with Gasteiger partial charge in [-0.15, -0.1) is 0 Å². The Labute approximate surface area is 159 Å². The molecule has 0 fully saturated rings. The first kappa shape index (κ1) is 20.0. The largest absolute Gasteiger partial charge is 0.348 e. The monoisotopic (exact) mass is 439 g/mol. The molecular weight excluding hydrogens is 425 g/mol. The number of amides is 1. The molecule has 0 saturated carbocycles. The van der Waals surface area contributed by atoms with Gasteiger partial charge in [0.2, 0.25) is 10.0 Å². The summed E-state index contributed by atoms with van der Waals surface area (Å²) in [5.41, 5.74) is 0.854. The number of hydrogen-bond donors (Lipinski definition) is 2. The number of benzene rings is 2. The molecule has 9 heteroatoms. The van der Waals surface area contributed by atoms with Gasteiger partial charge in [-0.2, -0.15) is 5.26 Å². The first-order chi connectivity index (χ1) is 12.3. The lowest BCUT2D eigenvalue weighted by Crippen LogP contribution is -2.25. The van der Waals surface area contributed by atoms with E-state index in [0.29, 0.717) is 10.0 Å². The van der Waals surface area contributed by atoms with Crippen LogP contribution in [0.3, 0.4) is 0 Å². The van der Waals surface area contributed by atoms with Crippen molar-refractivity contribution in [3.63, 3.8) is 0 Å². The van der Waals surface area contributed by atoms with Crippen molar-refractivity contribution in [3.05, 3.63) is 63.9 Å². The summed E-state index contributed by atoms with van der Waals surface area (Å²) in [6, 6.07) is 11.4. The maximum atomic E-state index is 13.2. The number of sulfonamides is 1. The summed E-state index contributed by atoms with van der Waals surface area (Å²) in [4.78, 5) is 12.2. The van der Waals surface area contributed by atoms with Crippen LogP contribution in [-0.2, 0) is 16.6 Å². The molecular formula is C17H15BrFN3O3S. The Morgan fingerprint density at radius 2 is 1.88 bits per heavy atom. The summed E-state index contributed by atoms with van der Waals surface area (Å²) in [6.45, 7) is 0.135. The van der Waals surface area contributed by atoms with Gasteiger partial charge < -0.3 is 5.32 Å². The highest BCUT2D eigenvalue weighted by atomic mass is 79.9. The molecule has 0 aromatic heterocycles. The summed E-state index contributed by atoms with van der Waals surface area (Å²) >= 11 is 3.28. The molecule has 1 amide bonds. The number of carbonyl (C=O) groups excluding carboxylic acids is 1. The van der Waals surface area contributed by atoms with E-state index in [9.17, 15) is 17.6 Å². The smallest absolute Gasteiger partial charge is 0.251 e. The van der Waals surface area contributed by atoms with Crippen molar-refractivity contribution in [3.8, 4) is 6.07 Å². The van der Waals surface area contributed by atoms with Crippen LogP contribution in [0.2, 0.25) is 0 Å². The van der Waals surface area contributed by atoms with Crippen molar-refractivity contribution in [1.29, 1.82) is 5.26 Å². The summed E-state index contributed by atoms with van der Waals surface area (Å²) in [7, 11) is -3.72. The number of nitrogens with one attached hydrogen (secondary N) is 2. The molecule has 0 aliphatic rings. The summed E-state index contributed by atoms with van der Waals surface area (Å²) in [5, 5.41) is 11.1. The predicted molar refractivity (Wildman–Crippen MR) is 97.1 cm³/mol. The standard InChI is InChI=1S/C17H15BrFN3O3S/c18-16-7-4-14(19)10-13(16)11-21-17(23)12-2-5-15(6-3-12)26(24,25)22-9-1-8-20/h2-7,10,22H,1,9,11H2,(H,21,23). The molecule has 0 spiro atoms. The average Bonchev–Trinajstić information content (AvgIpc) is 2.62. The Kier molecular flexibility index (Phi) is 6.85. The number of carbonyl (C=O) groups is 1. The van der Waals surface area contributed by atoms with E-state index < -0.39 is 21.7 Å². The first-order valence-corrected chi connectivity index (χ1v) is 9.80. The molecule has 0 atom stereocenters. The molecule has 0 heterocycles. The van der Waals surface area contributed by atoms with E-state index >= 15 is 0 Å². The fourth-order valence-electron chi connectivity index (χ4n) is 2.07. The van der Waals surface area contributed by atoms with Gasteiger partial charge in [-0.3, -0.25) is 4.79 Å². The molecule has 2 aromatic carbocycles. The molecule has 2 N–H and O–H groups in total. The quantitative estimate of drug-likeness (QED) is 0.647. The van der Waals surface area contributed by atoms with E-state index in [4.69, 9.17) is 5.26 Å². The van der Waals surface area contributed by atoms with Gasteiger partial charge in [0.15, 0.2) is 0 Å². The molecule has 26 heavy (non-hydrogen) atoms. The van der Waals surface area contributed by atoms with Crippen LogP contribution in [0.15, 0.2) is 51.8 Å². The predicted octanol–water partition coefficient (Wildman–Crippen LogP) is 2.71. The molecule has 0 unspecified atom stereocenters. The van der Waals surface area contributed by atoms with Gasteiger partial charge in [0, 0.05) is 29.5 Å². The molecule has 0 aliphatic carbocycles. The molecule has 6 nitrogen and oxygen atoms in total. The lowest BCUT2D eigenvalue weighted by molar-refractivity contribution is 0.0950. The Balaban J connectivity index is 2.02. The van der Waals surface area contributed by atoms with Crippen molar-refractivity contribution in [2.75, 3.05) is 6.54 Å². The Morgan fingerprint density at radius 3 is 2.54 bits per heavy atom. The molecule has 2 rings (SSSR count). The summed E-state index contributed by atoms with van der Waals surface area (Å²) in [5.74, 6) is -0.821. The second-order valence-electron chi connectivity index (χ2n) is 5.25. The van der Waals surface area contributed by atoms with Crippen LogP contribution in [0.25, 0.3) is 0 Å². The van der Waals surface area contributed by atoms with E-state index in [0.717, 1.165) is 0 Å². The van der Waals surface area contributed by atoms with Gasteiger partial charge in [-0.05, 0) is 48.0 Å². The van der Waals surface area contributed by atoms with Crippen LogP contribution in [0.5, 0.6) is 0 Å². The van der Waals surface area contributed by atoms with Gasteiger partial charge >= 0.3 is 0 Å². The minimum atomic E-state index is -3.72. The maximum absolute atomic E-state index is 13.2. The van der Waals surface area contributed by atoms with Gasteiger partial charge in [0.25, 0.3) is 5.91 Å². The van der Waals surface area contributed by atoms with Crippen LogP contribution in [-0.4, -0.2) is 20.9 Å². The second-order valence-corrected chi connectivity index (χ2v) is 7.87. The first-order valence-electron chi connectivity index (χ1n) is 7.52. The van der Waals surface area contributed by atoms with Crippen molar-refractivity contribution in [2.24, 2.45) is 0 Å². The second kappa shape index (κ2) is 8.89. The SMILES string of the molecule is N#CCCNS(=O)(=O)c1ccc(C(=O)NCc2cc(F)ccc2Br)cc1. The van der Waals surface area contributed by atoms with E-state index in [-0.39, 0.29) is 30.0 Å². The normalized spacial score (nSPS) is 11.0. The third-order valence-corrected chi connectivity index (χ3v) is 5.65. The molecule has 0 bridgehead atoms. The molecule has 0 aliphatic heterocycles. The number of hydrogen-bond acceptors (Lipinski definition) is 4. The van der Waals surface area contributed by atoms with E-state index in [2.05, 4.69) is 26.0 Å². The van der Waals surface area contributed by atoms with Crippen molar-refractivity contribution < 1.29 is 17.6 Å². The van der Waals surface area contributed by atoms with Crippen molar-refractivity contribution in [2.45, 2.75) is 17.9 Å². The topological polar surface area (TPSA) is 99.1 Å². The highest BCUT2D eigenvalue weighted by molar-refractivity contribution is 9.10. The van der Waals surface area contributed by atoms with Crippen LogP contribution >= 0.6 is 15.9 Å². The lowest BCUT2D eigenvalue weighted by atomic mass is 10.2. The zero-order chi connectivity index (χ0) is 19.2. The summed E-state index contributed by atoms with van der Waals surface area (Å²) < 4.78 is 40.2. The average molecular weight is 440 g/mol. The Bertz CT molecular complexity index is 941. The number of rotatable bonds is 7. The third-order valence-electron chi connectivity index (χ3n) is 3.40. The fraction of sp³-hybridized carbons (Fsp3) is 0.176. The zero-order valence-corrected chi connectivity index (χ0v) is 15.9. The molecule has 136 valence electrons. The van der Waals surface area contributed by atoms with Crippen molar-refractivity contribution in [1.82, 2.24) is 10.0 Å². The number of halogens is 2. The van der Waals surface area contributed by atoms with Crippen LogP contribution in [0.4, 0.5) is 4.39 Å². The van der Waals surface area contributed by atoms with E-state index in [1.165, 1.54) is 36.4 Å². The Morgan fingerprint density at radius 1 is 1.19 bits per heavy atom. The third kappa shape index (κ3) is 5.36. The minimum Gasteiger partial charge on any atom is -0.348 e. The number of nitrogens with zero attached hydrogens (tertiary/aromatic N) is 1. The number of nitriles is 1. The minimum absolute atomic E-state index is 0.000125. The van der Waals surface area contributed by atoms with E-state index in [1.807, 2.05) is 6.07 Å². The fourth-order valence-corrected chi connectivity index (χ4v) is 3.49. The lowest BCUT2D eigenvalue weighted by Gasteiger charge is -2.09. The van der Waals surface area contributed by atoms with Gasteiger partial charge in [-0.1, -0.05) is 15.9 Å². The molecule has 0 saturated heterocycles. The van der Waals surface area contributed by atoms with Gasteiger partial charge in [-0.25, -0.2) is 17.5 Å². The Hall–Kier alpha value is -2.28. The van der Waals surface area contributed by atoms with Gasteiger partial charge in [0.1, 0.15) is 5.82 Å². The highest BCUT2D eigenvalue weighted by Gasteiger charge is 2.14. The van der Waals surface area contributed by atoms with Gasteiger partial charge in [0.05, 0.1) is 11.0 Å². The maximum Gasteiger partial charge on any atom is 0.251 e. The summed E-state index contributed by atoms with van der Waals surface area (Å²) in [6.07, 6.45) is 0.0648. The zero-order valence-electron chi connectivity index (χ0n) is 13.5. The molecule has 0 radical (unpaired) electrons. The van der Waals surface area contributed by atoms with Crippen LogP contribution < -0.4 is 10.0 Å². The highest BCUT2D eigenvalue weighted by Crippen LogP contribution is 2.18. The van der Waals surface area contributed by atoms with Crippen LogP contribution in [0, 0.1) is 17.1 Å². The van der Waals surface area contributed by atoms with Crippen molar-refractivity contribution >= 4 is 31.9 Å². The van der Waals surface area contributed by atoms with E-state index in [1.54, 1.807) is 6.07 Å².